The summed E-state index contributed by atoms with van der Waals surface area (Å²) in [5.74, 6) is -0.402. The van der Waals surface area contributed by atoms with Crippen LogP contribution in [0.15, 0.2) is 18.3 Å². The van der Waals surface area contributed by atoms with Gasteiger partial charge in [-0.15, -0.1) is 0 Å². The molecule has 5 heteroatoms. The van der Waals surface area contributed by atoms with Gasteiger partial charge in [-0.2, -0.15) is 5.10 Å². The summed E-state index contributed by atoms with van der Waals surface area (Å²) in [6.07, 6.45) is 1.86. The largest absolute Gasteiger partial charge is 0.397 e. The van der Waals surface area contributed by atoms with Gasteiger partial charge in [0.15, 0.2) is 0 Å². The fourth-order valence-corrected chi connectivity index (χ4v) is 2.02. The zero-order chi connectivity index (χ0) is 13.4. The van der Waals surface area contributed by atoms with Crippen LogP contribution < -0.4 is 5.73 Å². The van der Waals surface area contributed by atoms with Crippen LogP contribution in [0.4, 0.5) is 10.1 Å². The van der Waals surface area contributed by atoms with E-state index in [0.29, 0.717) is 11.3 Å². The fraction of sp³-hybridized carbons (Fsp3) is 0.308. The molecule has 0 spiro atoms. The Kier molecular flexibility index (Phi) is 3.30. The van der Waals surface area contributed by atoms with E-state index in [9.17, 15) is 4.39 Å². The highest BCUT2D eigenvalue weighted by Crippen LogP contribution is 2.34. The van der Waals surface area contributed by atoms with E-state index in [1.807, 2.05) is 31.6 Å². The summed E-state index contributed by atoms with van der Waals surface area (Å²) in [4.78, 5) is 0. The van der Waals surface area contributed by atoms with Crippen molar-refractivity contribution in [2.45, 2.75) is 26.8 Å². The molecule has 2 N–H and O–H groups in total. The molecule has 1 aromatic carbocycles. The Balaban J connectivity index is 2.62. The standard InChI is InChI=1S/C13H15ClFN3/c1-7(2)18-6-11(8(3)17-18)10-4-9(15)5-12(14)13(10)16/h4-7H,16H2,1-3H3. The van der Waals surface area contributed by atoms with Gasteiger partial charge in [0.1, 0.15) is 5.82 Å². The molecule has 0 fully saturated rings. The molecule has 0 aliphatic carbocycles. The van der Waals surface area contributed by atoms with Crippen molar-refractivity contribution in [2.75, 3.05) is 5.73 Å². The molecule has 0 unspecified atom stereocenters. The zero-order valence-corrected chi connectivity index (χ0v) is 11.3. The second-order valence-corrected chi connectivity index (χ2v) is 4.96. The minimum atomic E-state index is -0.402. The van der Waals surface area contributed by atoms with Gasteiger partial charge in [0, 0.05) is 23.4 Å². The lowest BCUT2D eigenvalue weighted by molar-refractivity contribution is 0.529. The zero-order valence-electron chi connectivity index (χ0n) is 10.5. The number of hydrogen-bond donors (Lipinski definition) is 1. The maximum absolute atomic E-state index is 13.4. The lowest BCUT2D eigenvalue weighted by Crippen LogP contribution is -2.00. The SMILES string of the molecule is Cc1nn(C(C)C)cc1-c1cc(F)cc(Cl)c1N. The number of aromatic nitrogens is 2. The van der Waals surface area contributed by atoms with Crippen LogP contribution in [-0.2, 0) is 0 Å². The third-order valence-corrected chi connectivity index (χ3v) is 3.14. The Morgan fingerprint density at radius 1 is 1.33 bits per heavy atom. The number of hydrogen-bond acceptors (Lipinski definition) is 2. The van der Waals surface area contributed by atoms with Gasteiger partial charge in [-0.1, -0.05) is 11.6 Å². The topological polar surface area (TPSA) is 43.8 Å². The van der Waals surface area contributed by atoms with Crippen molar-refractivity contribution in [3.05, 3.63) is 34.9 Å². The van der Waals surface area contributed by atoms with E-state index in [-0.39, 0.29) is 11.1 Å². The second-order valence-electron chi connectivity index (χ2n) is 4.55. The third kappa shape index (κ3) is 2.20. The molecule has 1 aromatic heterocycles. The minimum Gasteiger partial charge on any atom is -0.397 e. The van der Waals surface area contributed by atoms with Gasteiger partial charge in [-0.25, -0.2) is 4.39 Å². The number of nitrogens with two attached hydrogens (primary N) is 1. The number of anilines is 1. The molecule has 1 heterocycles. The van der Waals surface area contributed by atoms with Gasteiger partial charge >= 0.3 is 0 Å². The summed E-state index contributed by atoms with van der Waals surface area (Å²) < 4.78 is 15.2. The van der Waals surface area contributed by atoms with Gasteiger partial charge in [-0.3, -0.25) is 4.68 Å². The Hall–Kier alpha value is -1.55. The first-order chi connectivity index (χ1) is 8.40. The molecular weight excluding hydrogens is 253 g/mol. The van der Waals surface area contributed by atoms with Crippen LogP contribution in [0.5, 0.6) is 0 Å². The van der Waals surface area contributed by atoms with Gasteiger partial charge in [0.2, 0.25) is 0 Å². The van der Waals surface area contributed by atoms with Crippen LogP contribution in [0.1, 0.15) is 25.6 Å². The van der Waals surface area contributed by atoms with Crippen LogP contribution >= 0.6 is 11.6 Å². The summed E-state index contributed by atoms with van der Waals surface area (Å²) >= 11 is 5.90. The quantitative estimate of drug-likeness (QED) is 0.841. The number of nitrogens with zero attached hydrogens (tertiary/aromatic N) is 2. The average molecular weight is 268 g/mol. The molecule has 2 rings (SSSR count). The van der Waals surface area contributed by atoms with E-state index in [1.54, 1.807) is 0 Å². The fourth-order valence-electron chi connectivity index (χ4n) is 1.82. The molecule has 0 radical (unpaired) electrons. The van der Waals surface area contributed by atoms with Crippen LogP contribution in [0, 0.1) is 12.7 Å². The van der Waals surface area contributed by atoms with Crippen LogP contribution in [0.3, 0.4) is 0 Å². The smallest absolute Gasteiger partial charge is 0.125 e. The van der Waals surface area contributed by atoms with Crippen molar-refractivity contribution in [3.8, 4) is 11.1 Å². The summed E-state index contributed by atoms with van der Waals surface area (Å²) in [5.41, 5.74) is 8.48. The second kappa shape index (κ2) is 4.61. The lowest BCUT2D eigenvalue weighted by atomic mass is 10.0. The molecule has 3 nitrogen and oxygen atoms in total. The Morgan fingerprint density at radius 2 is 2.00 bits per heavy atom. The maximum atomic E-state index is 13.4. The van der Waals surface area contributed by atoms with Crippen molar-refractivity contribution in [1.82, 2.24) is 9.78 Å². The van der Waals surface area contributed by atoms with Crippen molar-refractivity contribution >= 4 is 17.3 Å². The van der Waals surface area contributed by atoms with Crippen LogP contribution in [0.2, 0.25) is 5.02 Å². The van der Waals surface area contributed by atoms with E-state index in [4.69, 9.17) is 17.3 Å². The molecule has 0 saturated carbocycles. The molecule has 0 aliphatic heterocycles. The molecule has 0 bridgehead atoms. The molecule has 0 atom stereocenters. The van der Waals surface area contributed by atoms with E-state index in [1.165, 1.54) is 12.1 Å². The number of aryl methyl sites for hydroxylation is 1. The summed E-state index contributed by atoms with van der Waals surface area (Å²) in [5, 5.41) is 4.61. The first kappa shape index (κ1) is 12.9. The molecule has 0 aliphatic rings. The predicted molar refractivity (Wildman–Crippen MR) is 72.2 cm³/mol. The third-order valence-electron chi connectivity index (χ3n) is 2.83. The molecule has 0 saturated heterocycles. The summed E-state index contributed by atoms with van der Waals surface area (Å²) in [6, 6.07) is 2.83. The van der Waals surface area contributed by atoms with Crippen molar-refractivity contribution in [2.24, 2.45) is 0 Å². The maximum Gasteiger partial charge on any atom is 0.125 e. The molecule has 2 aromatic rings. The lowest BCUT2D eigenvalue weighted by Gasteiger charge is -2.07. The summed E-state index contributed by atoms with van der Waals surface area (Å²) in [6.45, 7) is 5.92. The van der Waals surface area contributed by atoms with Crippen LogP contribution in [-0.4, -0.2) is 9.78 Å². The Bertz CT molecular complexity index is 590. The van der Waals surface area contributed by atoms with Crippen molar-refractivity contribution in [3.63, 3.8) is 0 Å². The predicted octanol–water partition coefficient (Wildman–Crippen LogP) is 3.81. The number of halogens is 2. The minimum absolute atomic E-state index is 0.224. The van der Waals surface area contributed by atoms with Gasteiger partial charge in [-0.05, 0) is 32.9 Å². The van der Waals surface area contributed by atoms with Gasteiger partial charge < -0.3 is 5.73 Å². The Morgan fingerprint density at radius 3 is 2.56 bits per heavy atom. The van der Waals surface area contributed by atoms with E-state index in [0.717, 1.165) is 11.3 Å². The monoisotopic (exact) mass is 267 g/mol. The van der Waals surface area contributed by atoms with Crippen LogP contribution in [0.25, 0.3) is 11.1 Å². The highest BCUT2D eigenvalue weighted by Gasteiger charge is 2.14. The first-order valence-corrected chi connectivity index (χ1v) is 6.08. The normalized spacial score (nSPS) is 11.2. The first-order valence-electron chi connectivity index (χ1n) is 5.70. The number of benzene rings is 1. The molecule has 96 valence electrons. The van der Waals surface area contributed by atoms with E-state index >= 15 is 0 Å². The van der Waals surface area contributed by atoms with Gasteiger partial charge in [0.05, 0.1) is 16.4 Å². The summed E-state index contributed by atoms with van der Waals surface area (Å²) in [7, 11) is 0. The average Bonchev–Trinajstić information content (AvgIpc) is 2.66. The molecule has 0 amide bonds. The molecular formula is C13H15ClFN3. The number of nitrogen functional groups attached to an aromatic ring is 1. The number of rotatable bonds is 2. The van der Waals surface area contributed by atoms with E-state index < -0.39 is 5.82 Å². The van der Waals surface area contributed by atoms with Gasteiger partial charge in [0.25, 0.3) is 0 Å². The van der Waals surface area contributed by atoms with Crippen molar-refractivity contribution < 1.29 is 4.39 Å². The highest BCUT2D eigenvalue weighted by molar-refractivity contribution is 6.33. The molecule has 18 heavy (non-hydrogen) atoms. The highest BCUT2D eigenvalue weighted by atomic mass is 35.5. The Labute approximate surface area is 110 Å². The van der Waals surface area contributed by atoms with Crippen molar-refractivity contribution in [1.29, 1.82) is 0 Å². The van der Waals surface area contributed by atoms with E-state index in [2.05, 4.69) is 5.10 Å².